The van der Waals surface area contributed by atoms with E-state index in [1.165, 1.54) is 0 Å². The lowest BCUT2D eigenvalue weighted by Gasteiger charge is -2.06. The Hall–Kier alpha value is -2.46. The van der Waals surface area contributed by atoms with Crippen molar-refractivity contribution in [2.75, 3.05) is 7.11 Å². The molecule has 3 aromatic rings. The van der Waals surface area contributed by atoms with Gasteiger partial charge in [0.2, 0.25) is 0 Å². The molecule has 0 saturated heterocycles. The van der Waals surface area contributed by atoms with Crippen molar-refractivity contribution in [2.24, 2.45) is 0 Å². The van der Waals surface area contributed by atoms with Crippen molar-refractivity contribution in [3.05, 3.63) is 71.5 Å². The van der Waals surface area contributed by atoms with E-state index in [9.17, 15) is 0 Å². The largest absolute Gasteiger partial charge is 0.497 e. The fourth-order valence-electron chi connectivity index (χ4n) is 2.05. The fourth-order valence-corrected chi connectivity index (χ4v) is 2.30. The fraction of sp³-hybridized carbons (Fsp3) is 0.118. The van der Waals surface area contributed by atoms with Crippen LogP contribution in [0.3, 0.4) is 0 Å². The highest BCUT2D eigenvalue weighted by Gasteiger charge is 2.11. The zero-order chi connectivity index (χ0) is 15.4. The van der Waals surface area contributed by atoms with Crippen LogP contribution in [0.2, 0.25) is 5.15 Å². The van der Waals surface area contributed by atoms with Crippen LogP contribution >= 0.6 is 11.6 Å². The summed E-state index contributed by atoms with van der Waals surface area (Å²) in [4.78, 5) is 0. The van der Waals surface area contributed by atoms with Crippen molar-refractivity contribution in [2.45, 2.75) is 6.61 Å². The molecule has 1 aromatic heterocycles. The second-order valence-electron chi connectivity index (χ2n) is 4.68. The summed E-state index contributed by atoms with van der Waals surface area (Å²) in [6.45, 7) is 0.453. The molecule has 112 valence electrons. The number of benzene rings is 2. The topological polar surface area (TPSA) is 36.3 Å². The number of aromatic nitrogens is 2. The summed E-state index contributed by atoms with van der Waals surface area (Å²) in [5.41, 5.74) is 1.93. The van der Waals surface area contributed by atoms with E-state index in [1.807, 2.05) is 54.6 Å². The lowest BCUT2D eigenvalue weighted by Crippen LogP contribution is -1.97. The molecule has 0 fully saturated rings. The molecule has 0 aliphatic heterocycles. The van der Waals surface area contributed by atoms with Crippen molar-refractivity contribution >= 4 is 11.6 Å². The van der Waals surface area contributed by atoms with E-state index >= 15 is 0 Å². The van der Waals surface area contributed by atoms with Gasteiger partial charge < -0.3 is 9.47 Å². The average molecular weight is 315 g/mol. The second-order valence-corrected chi connectivity index (χ2v) is 5.04. The maximum absolute atomic E-state index is 6.34. The van der Waals surface area contributed by atoms with Crippen LogP contribution in [-0.4, -0.2) is 16.9 Å². The van der Waals surface area contributed by atoms with Crippen LogP contribution in [0.4, 0.5) is 0 Å². The predicted octanol–water partition coefficient (Wildman–Crippen LogP) is 4.11. The third-order valence-corrected chi connectivity index (χ3v) is 3.58. The standard InChI is InChI=1S/C17H15ClN2O2/c1-21-15-9-7-14(8-10-15)20-17(18)16(11-19-20)22-12-13-5-3-2-4-6-13/h2-11H,12H2,1H3. The molecular weight excluding hydrogens is 300 g/mol. The van der Waals surface area contributed by atoms with Crippen molar-refractivity contribution in [3.63, 3.8) is 0 Å². The highest BCUT2D eigenvalue weighted by atomic mass is 35.5. The van der Waals surface area contributed by atoms with Crippen LogP contribution in [0.15, 0.2) is 60.8 Å². The van der Waals surface area contributed by atoms with Gasteiger partial charge in [0.1, 0.15) is 12.4 Å². The lowest BCUT2D eigenvalue weighted by atomic mass is 10.2. The van der Waals surface area contributed by atoms with Crippen molar-refractivity contribution in [3.8, 4) is 17.2 Å². The number of methoxy groups -OCH3 is 1. The first-order valence-electron chi connectivity index (χ1n) is 6.82. The number of halogens is 1. The Bertz CT molecular complexity index is 739. The SMILES string of the molecule is COc1ccc(-n2ncc(OCc3ccccc3)c2Cl)cc1. The molecule has 0 atom stereocenters. The number of hydrogen-bond acceptors (Lipinski definition) is 3. The normalized spacial score (nSPS) is 10.5. The molecule has 22 heavy (non-hydrogen) atoms. The Morgan fingerprint density at radius 1 is 1.05 bits per heavy atom. The molecule has 4 nitrogen and oxygen atoms in total. The average Bonchev–Trinajstić information content (AvgIpc) is 2.95. The van der Waals surface area contributed by atoms with Gasteiger partial charge in [0.15, 0.2) is 10.9 Å². The van der Waals surface area contributed by atoms with Gasteiger partial charge in [-0.05, 0) is 29.8 Å². The molecule has 0 saturated carbocycles. The molecule has 0 aliphatic carbocycles. The van der Waals surface area contributed by atoms with E-state index in [1.54, 1.807) is 18.0 Å². The molecule has 0 amide bonds. The molecule has 5 heteroatoms. The van der Waals surface area contributed by atoms with Gasteiger partial charge in [0.25, 0.3) is 0 Å². The zero-order valence-electron chi connectivity index (χ0n) is 12.1. The van der Waals surface area contributed by atoms with Gasteiger partial charge >= 0.3 is 0 Å². The lowest BCUT2D eigenvalue weighted by molar-refractivity contribution is 0.306. The molecule has 0 radical (unpaired) electrons. The van der Waals surface area contributed by atoms with E-state index in [-0.39, 0.29) is 0 Å². The first-order valence-corrected chi connectivity index (χ1v) is 7.20. The number of hydrogen-bond donors (Lipinski definition) is 0. The van der Waals surface area contributed by atoms with Gasteiger partial charge in [-0.3, -0.25) is 0 Å². The summed E-state index contributed by atoms with van der Waals surface area (Å²) in [5, 5.41) is 4.72. The van der Waals surface area contributed by atoms with Crippen LogP contribution in [0, 0.1) is 0 Å². The minimum atomic E-state index is 0.445. The molecular formula is C17H15ClN2O2. The number of rotatable bonds is 5. The van der Waals surface area contributed by atoms with Gasteiger partial charge in [0.05, 0.1) is 19.0 Å². The third-order valence-electron chi connectivity index (χ3n) is 3.23. The second kappa shape index (κ2) is 6.54. The quantitative estimate of drug-likeness (QED) is 0.711. The monoisotopic (exact) mass is 314 g/mol. The minimum Gasteiger partial charge on any atom is -0.497 e. The van der Waals surface area contributed by atoms with Gasteiger partial charge in [-0.25, -0.2) is 4.68 Å². The van der Waals surface area contributed by atoms with Crippen LogP contribution in [-0.2, 0) is 6.61 Å². The Labute approximate surface area is 133 Å². The van der Waals surface area contributed by atoms with Crippen LogP contribution < -0.4 is 9.47 Å². The Balaban J connectivity index is 1.76. The molecule has 0 unspecified atom stereocenters. The molecule has 1 heterocycles. The number of nitrogens with zero attached hydrogens (tertiary/aromatic N) is 2. The van der Waals surface area contributed by atoms with E-state index in [4.69, 9.17) is 21.1 Å². The van der Waals surface area contributed by atoms with Crippen molar-refractivity contribution in [1.29, 1.82) is 0 Å². The van der Waals surface area contributed by atoms with Crippen LogP contribution in [0.1, 0.15) is 5.56 Å². The third kappa shape index (κ3) is 3.07. The molecule has 0 aliphatic rings. The zero-order valence-corrected chi connectivity index (χ0v) is 12.8. The number of ether oxygens (including phenoxy) is 2. The van der Waals surface area contributed by atoms with Crippen molar-refractivity contribution in [1.82, 2.24) is 9.78 Å². The van der Waals surface area contributed by atoms with Gasteiger partial charge in [0, 0.05) is 0 Å². The summed E-state index contributed by atoms with van der Waals surface area (Å²) in [6, 6.07) is 17.4. The van der Waals surface area contributed by atoms with Crippen molar-refractivity contribution < 1.29 is 9.47 Å². The van der Waals surface area contributed by atoms with E-state index < -0.39 is 0 Å². The maximum atomic E-state index is 6.34. The summed E-state index contributed by atoms with van der Waals surface area (Å²) >= 11 is 6.34. The van der Waals surface area contributed by atoms with Gasteiger partial charge in [-0.1, -0.05) is 41.9 Å². The Morgan fingerprint density at radius 2 is 1.77 bits per heavy atom. The predicted molar refractivity (Wildman–Crippen MR) is 85.9 cm³/mol. The van der Waals surface area contributed by atoms with Crippen LogP contribution in [0.5, 0.6) is 11.5 Å². The first-order chi connectivity index (χ1) is 10.8. The smallest absolute Gasteiger partial charge is 0.177 e. The highest BCUT2D eigenvalue weighted by Crippen LogP contribution is 2.28. The Morgan fingerprint density at radius 3 is 2.45 bits per heavy atom. The Kier molecular flexibility index (Phi) is 4.30. The summed E-state index contributed by atoms with van der Waals surface area (Å²) < 4.78 is 12.5. The van der Waals surface area contributed by atoms with E-state index in [0.717, 1.165) is 17.0 Å². The molecule has 0 N–H and O–H groups in total. The molecule has 2 aromatic carbocycles. The molecule has 0 bridgehead atoms. The summed E-state index contributed by atoms with van der Waals surface area (Å²) in [6.07, 6.45) is 1.62. The van der Waals surface area contributed by atoms with E-state index in [0.29, 0.717) is 17.5 Å². The minimum absolute atomic E-state index is 0.445. The highest BCUT2D eigenvalue weighted by molar-refractivity contribution is 6.31. The first kappa shape index (κ1) is 14.5. The molecule has 3 rings (SSSR count). The summed E-state index contributed by atoms with van der Waals surface area (Å²) in [7, 11) is 1.63. The molecule has 0 spiro atoms. The van der Waals surface area contributed by atoms with Crippen LogP contribution in [0.25, 0.3) is 5.69 Å². The van der Waals surface area contributed by atoms with Gasteiger partial charge in [-0.2, -0.15) is 5.10 Å². The van der Waals surface area contributed by atoms with Gasteiger partial charge in [-0.15, -0.1) is 0 Å². The summed E-state index contributed by atoms with van der Waals surface area (Å²) in [5.74, 6) is 1.34. The van der Waals surface area contributed by atoms with E-state index in [2.05, 4.69) is 5.10 Å². The maximum Gasteiger partial charge on any atom is 0.177 e.